The first-order valence-electron chi connectivity index (χ1n) is 11.6. The van der Waals surface area contributed by atoms with Crippen LogP contribution in [0.1, 0.15) is 71.7 Å². The molecule has 1 saturated carbocycles. The Morgan fingerprint density at radius 2 is 1.88 bits per heavy atom. The first kappa shape index (κ1) is 24.4. The molecule has 1 aromatic carbocycles. The van der Waals surface area contributed by atoms with Gasteiger partial charge in [0.2, 0.25) is 5.91 Å². The van der Waals surface area contributed by atoms with E-state index in [1.807, 2.05) is 38.1 Å². The van der Waals surface area contributed by atoms with Crippen molar-refractivity contribution in [2.45, 2.75) is 88.9 Å². The molecule has 32 heavy (non-hydrogen) atoms. The maximum Gasteiger partial charge on any atom is 0.233 e. The van der Waals surface area contributed by atoms with Gasteiger partial charge < -0.3 is 19.4 Å². The van der Waals surface area contributed by atoms with E-state index in [4.69, 9.17) is 9.47 Å². The number of benzene rings is 1. The average molecular weight is 461 g/mol. The number of hydrogen-bond acceptors (Lipinski definition) is 6. The summed E-state index contributed by atoms with van der Waals surface area (Å²) in [4.78, 5) is 12.8. The van der Waals surface area contributed by atoms with Crippen molar-refractivity contribution in [1.82, 2.24) is 20.1 Å². The van der Waals surface area contributed by atoms with E-state index in [9.17, 15) is 4.79 Å². The van der Waals surface area contributed by atoms with E-state index in [0.717, 1.165) is 36.1 Å². The van der Waals surface area contributed by atoms with Crippen LogP contribution in [0, 0.1) is 5.92 Å². The summed E-state index contributed by atoms with van der Waals surface area (Å²) in [6, 6.07) is 7.84. The van der Waals surface area contributed by atoms with Gasteiger partial charge in [0.25, 0.3) is 0 Å². The summed E-state index contributed by atoms with van der Waals surface area (Å²) in [6.45, 7) is 8.98. The highest BCUT2D eigenvalue weighted by atomic mass is 32.2. The van der Waals surface area contributed by atoms with Crippen molar-refractivity contribution in [2.24, 2.45) is 5.92 Å². The highest BCUT2D eigenvalue weighted by Gasteiger charge is 2.25. The second-order valence-electron chi connectivity index (χ2n) is 8.89. The number of carbonyl (C=O) groups excluding carboxylic acids is 1. The number of rotatable bonds is 10. The van der Waals surface area contributed by atoms with Gasteiger partial charge in [0.15, 0.2) is 17.1 Å². The number of carbonyl (C=O) groups is 1. The van der Waals surface area contributed by atoms with Gasteiger partial charge in [-0.05, 0) is 44.7 Å². The van der Waals surface area contributed by atoms with Crippen LogP contribution in [-0.4, -0.2) is 39.1 Å². The zero-order chi connectivity index (χ0) is 23.1. The molecular weight excluding hydrogens is 424 g/mol. The molecule has 0 saturated heterocycles. The summed E-state index contributed by atoms with van der Waals surface area (Å²) >= 11 is 1.46. The van der Waals surface area contributed by atoms with Crippen LogP contribution in [-0.2, 0) is 11.3 Å². The quantitative estimate of drug-likeness (QED) is 0.502. The first-order valence-corrected chi connectivity index (χ1v) is 12.5. The molecule has 1 fully saturated rings. The third-order valence-electron chi connectivity index (χ3n) is 5.61. The number of ether oxygens (including phenoxy) is 2. The standard InChI is InChI=1S/C24H36N4O3S/c1-16(2)15-28-22(17(3)31-21-13-9-12-20(14-21)30-5)26-27-24(28)32-18(4)23(29)25-19-10-7-6-8-11-19/h9,12-14,16-19H,6-8,10-11,15H2,1-5H3,(H,25,29). The van der Waals surface area contributed by atoms with Crippen LogP contribution >= 0.6 is 11.8 Å². The highest BCUT2D eigenvalue weighted by molar-refractivity contribution is 8.00. The maximum absolute atomic E-state index is 12.8. The van der Waals surface area contributed by atoms with Gasteiger partial charge in [0.1, 0.15) is 11.5 Å². The molecule has 3 rings (SSSR count). The topological polar surface area (TPSA) is 78.3 Å². The summed E-state index contributed by atoms with van der Waals surface area (Å²) in [5, 5.41) is 12.6. The third kappa shape index (κ3) is 6.64. The molecule has 7 nitrogen and oxygen atoms in total. The predicted molar refractivity (Wildman–Crippen MR) is 127 cm³/mol. The molecule has 0 radical (unpaired) electrons. The minimum atomic E-state index is -0.297. The Kier molecular flexibility index (Phi) is 8.84. The van der Waals surface area contributed by atoms with Gasteiger partial charge in [-0.25, -0.2) is 0 Å². The van der Waals surface area contributed by atoms with Crippen molar-refractivity contribution in [3.63, 3.8) is 0 Å². The Balaban J connectivity index is 1.71. The number of nitrogens with zero attached hydrogens (tertiary/aromatic N) is 3. The van der Waals surface area contributed by atoms with Gasteiger partial charge in [-0.2, -0.15) is 0 Å². The summed E-state index contributed by atoms with van der Waals surface area (Å²) in [5.74, 6) is 2.68. The zero-order valence-corrected chi connectivity index (χ0v) is 20.7. The van der Waals surface area contributed by atoms with Gasteiger partial charge in [-0.3, -0.25) is 4.79 Å². The average Bonchev–Trinajstić information content (AvgIpc) is 3.16. The molecule has 8 heteroatoms. The fourth-order valence-corrected chi connectivity index (χ4v) is 4.81. The number of aromatic nitrogens is 3. The number of hydrogen-bond donors (Lipinski definition) is 1. The van der Waals surface area contributed by atoms with E-state index >= 15 is 0 Å². The van der Waals surface area contributed by atoms with Crippen molar-refractivity contribution in [1.29, 1.82) is 0 Å². The van der Waals surface area contributed by atoms with Crippen molar-refractivity contribution < 1.29 is 14.3 Å². The molecule has 1 N–H and O–H groups in total. The van der Waals surface area contributed by atoms with Crippen LogP contribution in [0.15, 0.2) is 29.4 Å². The van der Waals surface area contributed by atoms with E-state index in [1.165, 1.54) is 31.0 Å². The lowest BCUT2D eigenvalue weighted by atomic mass is 9.95. The summed E-state index contributed by atoms with van der Waals surface area (Å²) in [6.07, 6.45) is 5.53. The van der Waals surface area contributed by atoms with E-state index in [2.05, 4.69) is 33.9 Å². The molecule has 1 aliphatic carbocycles. The van der Waals surface area contributed by atoms with Crippen molar-refractivity contribution >= 4 is 17.7 Å². The monoisotopic (exact) mass is 460 g/mol. The van der Waals surface area contributed by atoms with Gasteiger partial charge >= 0.3 is 0 Å². The smallest absolute Gasteiger partial charge is 0.233 e. The molecule has 1 heterocycles. The van der Waals surface area contributed by atoms with Gasteiger partial charge in [-0.1, -0.05) is 50.9 Å². The lowest BCUT2D eigenvalue weighted by Crippen LogP contribution is -2.40. The number of methoxy groups -OCH3 is 1. The van der Waals surface area contributed by atoms with Crippen molar-refractivity contribution in [3.05, 3.63) is 30.1 Å². The van der Waals surface area contributed by atoms with Gasteiger partial charge in [0.05, 0.1) is 12.4 Å². The Bertz CT molecular complexity index is 880. The third-order valence-corrected chi connectivity index (χ3v) is 6.69. The molecule has 2 aromatic rings. The molecule has 1 aliphatic rings. The minimum Gasteiger partial charge on any atom is -0.497 e. The summed E-state index contributed by atoms with van der Waals surface area (Å²) < 4.78 is 13.5. The summed E-state index contributed by atoms with van der Waals surface area (Å²) in [7, 11) is 1.64. The molecule has 0 bridgehead atoms. The predicted octanol–water partition coefficient (Wildman–Crippen LogP) is 5.01. The maximum atomic E-state index is 12.8. The van der Waals surface area contributed by atoms with E-state index < -0.39 is 0 Å². The molecule has 2 atom stereocenters. The van der Waals surface area contributed by atoms with Crippen LogP contribution < -0.4 is 14.8 Å². The van der Waals surface area contributed by atoms with Crippen LogP contribution in [0.3, 0.4) is 0 Å². The van der Waals surface area contributed by atoms with E-state index in [-0.39, 0.29) is 17.3 Å². The fraction of sp³-hybridized carbons (Fsp3) is 0.625. The van der Waals surface area contributed by atoms with Crippen LogP contribution in [0.4, 0.5) is 0 Å². The van der Waals surface area contributed by atoms with E-state index in [1.54, 1.807) is 7.11 Å². The molecule has 2 unspecified atom stereocenters. The molecule has 0 spiro atoms. The second-order valence-corrected chi connectivity index (χ2v) is 10.2. The Hall–Kier alpha value is -2.22. The van der Waals surface area contributed by atoms with Crippen LogP contribution in [0.25, 0.3) is 0 Å². The lowest BCUT2D eigenvalue weighted by molar-refractivity contribution is -0.121. The number of thioether (sulfide) groups is 1. The van der Waals surface area contributed by atoms with Crippen LogP contribution in [0.2, 0.25) is 0 Å². The highest BCUT2D eigenvalue weighted by Crippen LogP contribution is 2.29. The lowest BCUT2D eigenvalue weighted by Gasteiger charge is -2.24. The van der Waals surface area contributed by atoms with Gasteiger partial charge in [-0.15, -0.1) is 10.2 Å². The second kappa shape index (κ2) is 11.6. The van der Waals surface area contributed by atoms with Crippen LogP contribution in [0.5, 0.6) is 11.5 Å². The Labute approximate surface area is 195 Å². The SMILES string of the molecule is COc1cccc(OC(C)c2nnc(SC(C)C(=O)NC3CCCCC3)n2CC(C)C)c1. The molecular formula is C24H36N4O3S. The zero-order valence-electron chi connectivity index (χ0n) is 19.8. The van der Waals surface area contributed by atoms with Crippen molar-refractivity contribution in [3.8, 4) is 11.5 Å². The largest absolute Gasteiger partial charge is 0.497 e. The van der Waals surface area contributed by atoms with Gasteiger partial charge in [0, 0.05) is 18.7 Å². The molecule has 1 amide bonds. The molecule has 1 aromatic heterocycles. The Morgan fingerprint density at radius 1 is 1.16 bits per heavy atom. The van der Waals surface area contributed by atoms with Crippen molar-refractivity contribution in [2.75, 3.05) is 7.11 Å². The van der Waals surface area contributed by atoms with E-state index in [0.29, 0.717) is 17.7 Å². The Morgan fingerprint density at radius 3 is 2.56 bits per heavy atom. The summed E-state index contributed by atoms with van der Waals surface area (Å²) in [5.41, 5.74) is 0. The number of nitrogens with one attached hydrogen (secondary N) is 1. The fourth-order valence-electron chi connectivity index (χ4n) is 3.93. The first-order chi connectivity index (χ1) is 15.4. The normalized spacial score (nSPS) is 16.6. The molecule has 0 aliphatic heterocycles. The number of amides is 1. The molecule has 176 valence electrons. The minimum absolute atomic E-state index is 0.0724.